The van der Waals surface area contributed by atoms with Gasteiger partial charge in [0.1, 0.15) is 12.1 Å². The van der Waals surface area contributed by atoms with Crippen LogP contribution in [0.1, 0.15) is 28.4 Å². The first-order chi connectivity index (χ1) is 9.65. The molecular weight excluding hydrogens is 250 g/mol. The van der Waals surface area contributed by atoms with Gasteiger partial charge in [0.05, 0.1) is 16.8 Å². The standard InChI is InChI=1S/C16H11N3O/c1-11(20)12-5-7-14(8-6-12)19-16-4-2-3-13(9-17)15(16)10-18/h2-8,19H,1H3. The zero-order valence-corrected chi connectivity index (χ0v) is 10.8. The van der Waals surface area contributed by atoms with E-state index in [0.29, 0.717) is 22.4 Å². The topological polar surface area (TPSA) is 76.7 Å². The van der Waals surface area contributed by atoms with Crippen molar-refractivity contribution in [1.29, 1.82) is 10.5 Å². The van der Waals surface area contributed by atoms with Crippen LogP contribution in [-0.2, 0) is 0 Å². The predicted molar refractivity (Wildman–Crippen MR) is 75.6 cm³/mol. The van der Waals surface area contributed by atoms with E-state index in [1.54, 1.807) is 42.5 Å². The van der Waals surface area contributed by atoms with Crippen LogP contribution in [0, 0.1) is 22.7 Å². The molecule has 96 valence electrons. The Bertz CT molecular complexity index is 734. The third kappa shape index (κ3) is 2.66. The number of anilines is 2. The average Bonchev–Trinajstić information content (AvgIpc) is 2.47. The molecule has 0 spiro atoms. The minimum atomic E-state index is 0.000687. The van der Waals surface area contributed by atoms with Crippen LogP contribution in [-0.4, -0.2) is 5.78 Å². The lowest BCUT2D eigenvalue weighted by atomic mass is 10.1. The number of hydrogen-bond donors (Lipinski definition) is 1. The maximum Gasteiger partial charge on any atom is 0.159 e. The summed E-state index contributed by atoms with van der Waals surface area (Å²) in [6.45, 7) is 1.51. The number of carbonyl (C=O) groups excluding carboxylic acids is 1. The highest BCUT2D eigenvalue weighted by molar-refractivity contribution is 5.94. The number of hydrogen-bond acceptors (Lipinski definition) is 4. The van der Waals surface area contributed by atoms with Gasteiger partial charge in [0.2, 0.25) is 0 Å². The van der Waals surface area contributed by atoms with Crippen LogP contribution in [0.4, 0.5) is 11.4 Å². The molecule has 0 bridgehead atoms. The second-order valence-electron chi connectivity index (χ2n) is 4.21. The molecule has 0 aliphatic heterocycles. The van der Waals surface area contributed by atoms with E-state index < -0.39 is 0 Å². The zero-order chi connectivity index (χ0) is 14.5. The van der Waals surface area contributed by atoms with E-state index in [-0.39, 0.29) is 5.78 Å². The monoisotopic (exact) mass is 261 g/mol. The summed E-state index contributed by atoms with van der Waals surface area (Å²) in [6, 6.07) is 16.0. The smallest absolute Gasteiger partial charge is 0.159 e. The van der Waals surface area contributed by atoms with Gasteiger partial charge in [-0.05, 0) is 43.3 Å². The van der Waals surface area contributed by atoms with E-state index in [2.05, 4.69) is 5.32 Å². The zero-order valence-electron chi connectivity index (χ0n) is 10.8. The van der Waals surface area contributed by atoms with Gasteiger partial charge >= 0.3 is 0 Å². The molecule has 1 N–H and O–H groups in total. The third-order valence-corrected chi connectivity index (χ3v) is 2.87. The van der Waals surface area contributed by atoms with Gasteiger partial charge in [0.25, 0.3) is 0 Å². The molecule has 4 heteroatoms. The molecule has 0 aliphatic carbocycles. The fourth-order valence-corrected chi connectivity index (χ4v) is 1.81. The summed E-state index contributed by atoms with van der Waals surface area (Å²) in [6.07, 6.45) is 0. The summed E-state index contributed by atoms with van der Waals surface area (Å²) in [5.41, 5.74) is 2.59. The summed E-state index contributed by atoms with van der Waals surface area (Å²) in [4.78, 5) is 11.2. The van der Waals surface area contributed by atoms with E-state index in [9.17, 15) is 4.79 Å². The second kappa shape index (κ2) is 5.69. The van der Waals surface area contributed by atoms with Crippen molar-refractivity contribution in [2.45, 2.75) is 6.92 Å². The maximum absolute atomic E-state index is 11.2. The molecule has 2 aromatic rings. The molecule has 0 heterocycles. The Labute approximate surface area is 116 Å². The molecule has 0 saturated heterocycles. The molecule has 0 unspecified atom stereocenters. The molecule has 2 rings (SSSR count). The SMILES string of the molecule is CC(=O)c1ccc(Nc2cccc(C#N)c2C#N)cc1. The quantitative estimate of drug-likeness (QED) is 0.859. The second-order valence-corrected chi connectivity index (χ2v) is 4.21. The Kier molecular flexibility index (Phi) is 3.79. The number of nitrogens with one attached hydrogen (secondary N) is 1. The fraction of sp³-hybridized carbons (Fsp3) is 0.0625. The van der Waals surface area contributed by atoms with Crippen molar-refractivity contribution < 1.29 is 4.79 Å². The van der Waals surface area contributed by atoms with Crippen LogP contribution in [0.25, 0.3) is 0 Å². The first-order valence-corrected chi connectivity index (χ1v) is 5.97. The Morgan fingerprint density at radius 2 is 1.75 bits per heavy atom. The van der Waals surface area contributed by atoms with Crippen LogP contribution >= 0.6 is 0 Å². The van der Waals surface area contributed by atoms with Crippen LogP contribution < -0.4 is 5.32 Å². The van der Waals surface area contributed by atoms with Crippen molar-refractivity contribution in [3.63, 3.8) is 0 Å². The van der Waals surface area contributed by atoms with Gasteiger partial charge in [-0.3, -0.25) is 4.79 Å². The van der Waals surface area contributed by atoms with Crippen molar-refractivity contribution in [3.8, 4) is 12.1 Å². The molecule has 0 fully saturated rings. The fourth-order valence-electron chi connectivity index (χ4n) is 1.81. The van der Waals surface area contributed by atoms with Crippen molar-refractivity contribution >= 4 is 17.2 Å². The summed E-state index contributed by atoms with van der Waals surface area (Å²) in [5.74, 6) is 0.000687. The van der Waals surface area contributed by atoms with Gasteiger partial charge < -0.3 is 5.32 Å². The number of nitrogens with zero attached hydrogens (tertiary/aromatic N) is 2. The van der Waals surface area contributed by atoms with Gasteiger partial charge in [0, 0.05) is 11.3 Å². The lowest BCUT2D eigenvalue weighted by Gasteiger charge is -2.09. The molecule has 0 atom stereocenters. The molecule has 0 aliphatic rings. The average molecular weight is 261 g/mol. The van der Waals surface area contributed by atoms with E-state index in [4.69, 9.17) is 10.5 Å². The van der Waals surface area contributed by atoms with Crippen LogP contribution in [0.5, 0.6) is 0 Å². The lowest BCUT2D eigenvalue weighted by molar-refractivity contribution is 0.101. The van der Waals surface area contributed by atoms with Crippen LogP contribution in [0.15, 0.2) is 42.5 Å². The van der Waals surface area contributed by atoms with Gasteiger partial charge in [0.15, 0.2) is 5.78 Å². The third-order valence-electron chi connectivity index (χ3n) is 2.87. The number of rotatable bonds is 3. The Morgan fingerprint density at radius 3 is 2.30 bits per heavy atom. The van der Waals surface area contributed by atoms with E-state index in [1.165, 1.54) is 6.92 Å². The highest BCUT2D eigenvalue weighted by Gasteiger charge is 2.08. The summed E-state index contributed by atoms with van der Waals surface area (Å²) in [5, 5.41) is 21.2. The number of benzene rings is 2. The number of Topliss-reactive ketones (excluding diaryl/α,β-unsaturated/α-hetero) is 1. The van der Waals surface area contributed by atoms with Crippen LogP contribution in [0.2, 0.25) is 0 Å². The molecule has 2 aromatic carbocycles. The molecule has 0 radical (unpaired) electrons. The van der Waals surface area contributed by atoms with Gasteiger partial charge in [-0.15, -0.1) is 0 Å². The number of ketones is 1. The van der Waals surface area contributed by atoms with E-state index in [0.717, 1.165) is 5.69 Å². The Morgan fingerprint density at radius 1 is 1.05 bits per heavy atom. The molecule has 0 amide bonds. The Hall–Kier alpha value is -3.11. The highest BCUT2D eigenvalue weighted by atomic mass is 16.1. The van der Waals surface area contributed by atoms with Crippen molar-refractivity contribution in [2.24, 2.45) is 0 Å². The molecular formula is C16H11N3O. The van der Waals surface area contributed by atoms with Crippen LogP contribution in [0.3, 0.4) is 0 Å². The number of nitriles is 2. The molecule has 0 aromatic heterocycles. The van der Waals surface area contributed by atoms with Gasteiger partial charge in [-0.25, -0.2) is 0 Å². The number of carbonyl (C=O) groups is 1. The van der Waals surface area contributed by atoms with Gasteiger partial charge in [-0.1, -0.05) is 6.07 Å². The van der Waals surface area contributed by atoms with Crippen molar-refractivity contribution in [2.75, 3.05) is 5.32 Å². The summed E-state index contributed by atoms with van der Waals surface area (Å²) >= 11 is 0. The molecule has 20 heavy (non-hydrogen) atoms. The molecule has 4 nitrogen and oxygen atoms in total. The highest BCUT2D eigenvalue weighted by Crippen LogP contribution is 2.23. The Balaban J connectivity index is 2.34. The van der Waals surface area contributed by atoms with E-state index >= 15 is 0 Å². The normalized spacial score (nSPS) is 9.35. The minimum Gasteiger partial charge on any atom is -0.354 e. The first-order valence-electron chi connectivity index (χ1n) is 5.97. The summed E-state index contributed by atoms with van der Waals surface area (Å²) in [7, 11) is 0. The summed E-state index contributed by atoms with van der Waals surface area (Å²) < 4.78 is 0. The largest absolute Gasteiger partial charge is 0.354 e. The maximum atomic E-state index is 11.2. The molecule has 0 saturated carbocycles. The van der Waals surface area contributed by atoms with Crippen molar-refractivity contribution in [1.82, 2.24) is 0 Å². The predicted octanol–water partition coefficient (Wildman–Crippen LogP) is 3.38. The first kappa shape index (κ1) is 13.3. The minimum absolute atomic E-state index is 0.000687. The van der Waals surface area contributed by atoms with Gasteiger partial charge in [-0.2, -0.15) is 10.5 Å². The lowest BCUT2D eigenvalue weighted by Crippen LogP contribution is -1.97. The van der Waals surface area contributed by atoms with E-state index in [1.807, 2.05) is 12.1 Å². The van der Waals surface area contributed by atoms with Crippen molar-refractivity contribution in [3.05, 3.63) is 59.2 Å².